The molecule has 2 aromatic heterocycles. The number of likely N-dealkylation sites (N-methyl/N-ethyl adjacent to an activating group) is 2. The molecule has 0 atom stereocenters. The number of para-hydroxylation sites is 2. The molecule has 4 aromatic carbocycles. The third-order valence-electron chi connectivity index (χ3n) is 10.8. The number of benzene rings is 4. The summed E-state index contributed by atoms with van der Waals surface area (Å²) in [6.45, 7) is 7.96. The van der Waals surface area contributed by atoms with Crippen molar-refractivity contribution in [2.45, 2.75) is 20.3 Å². The molecule has 2 aliphatic rings. The SMILES string of the molecule is Cc1cccc2c1-c1nc3c(C(=O)NCCN(C)CCCN(C)CCNC(=O)c4cccc5cc6c(nc45)-c4c(C)cccc4C6=O)cccc3cc1C2=O. The Hall–Kier alpha value is -6.10. The number of nitrogens with one attached hydrogen (secondary N) is 2. The summed E-state index contributed by atoms with van der Waals surface area (Å²) in [6, 6.07) is 26.1. The van der Waals surface area contributed by atoms with E-state index in [1.807, 2.05) is 101 Å². The van der Waals surface area contributed by atoms with Crippen LogP contribution in [0.4, 0.5) is 0 Å². The number of carbonyl (C=O) groups is 4. The zero-order valence-electron chi connectivity index (χ0n) is 31.5. The summed E-state index contributed by atoms with van der Waals surface area (Å²) >= 11 is 0. The summed E-state index contributed by atoms with van der Waals surface area (Å²) < 4.78 is 0. The second-order valence-electron chi connectivity index (χ2n) is 14.6. The van der Waals surface area contributed by atoms with Crippen LogP contribution in [0.25, 0.3) is 44.3 Å². The minimum atomic E-state index is -0.193. The minimum Gasteiger partial charge on any atom is -0.351 e. The molecule has 276 valence electrons. The lowest BCUT2D eigenvalue weighted by Crippen LogP contribution is -2.36. The van der Waals surface area contributed by atoms with Crippen LogP contribution in [0.3, 0.4) is 0 Å². The summed E-state index contributed by atoms with van der Waals surface area (Å²) in [7, 11) is 4.07. The van der Waals surface area contributed by atoms with Gasteiger partial charge in [0.1, 0.15) is 0 Å². The number of hydrogen-bond acceptors (Lipinski definition) is 8. The van der Waals surface area contributed by atoms with E-state index in [0.717, 1.165) is 52.5 Å². The van der Waals surface area contributed by atoms with E-state index in [1.54, 1.807) is 12.1 Å². The first-order chi connectivity index (χ1) is 26.6. The Kier molecular flexibility index (Phi) is 9.54. The van der Waals surface area contributed by atoms with E-state index >= 15 is 0 Å². The maximum absolute atomic E-state index is 13.3. The van der Waals surface area contributed by atoms with Gasteiger partial charge in [0.2, 0.25) is 0 Å². The van der Waals surface area contributed by atoms with Crippen LogP contribution in [0.1, 0.15) is 70.1 Å². The van der Waals surface area contributed by atoms with Gasteiger partial charge in [-0.25, -0.2) is 9.97 Å². The highest BCUT2D eigenvalue weighted by molar-refractivity contribution is 6.24. The van der Waals surface area contributed by atoms with Crippen LogP contribution in [0.15, 0.2) is 84.9 Å². The lowest BCUT2D eigenvalue weighted by Gasteiger charge is -2.20. The second kappa shape index (κ2) is 14.6. The van der Waals surface area contributed by atoms with Crippen molar-refractivity contribution >= 4 is 45.2 Å². The van der Waals surface area contributed by atoms with Crippen LogP contribution in [0, 0.1) is 13.8 Å². The summed E-state index contributed by atoms with van der Waals surface area (Å²) in [5.41, 5.74) is 9.58. The van der Waals surface area contributed by atoms with Gasteiger partial charge in [-0.15, -0.1) is 0 Å². The third kappa shape index (κ3) is 6.57. The molecule has 2 N–H and O–H groups in total. The second-order valence-corrected chi connectivity index (χ2v) is 14.6. The molecule has 0 bridgehead atoms. The van der Waals surface area contributed by atoms with Crippen LogP contribution in [-0.4, -0.2) is 96.5 Å². The molecule has 0 aliphatic heterocycles. The van der Waals surface area contributed by atoms with Crippen LogP contribution < -0.4 is 10.6 Å². The number of nitrogens with zero attached hydrogens (tertiary/aromatic N) is 4. The van der Waals surface area contributed by atoms with Crippen molar-refractivity contribution in [2.75, 3.05) is 53.4 Å². The quantitative estimate of drug-likeness (QED) is 0.152. The highest BCUT2D eigenvalue weighted by Crippen LogP contribution is 2.40. The lowest BCUT2D eigenvalue weighted by molar-refractivity contribution is 0.0944. The van der Waals surface area contributed by atoms with Crippen molar-refractivity contribution in [3.05, 3.63) is 129 Å². The highest BCUT2D eigenvalue weighted by atomic mass is 16.2. The Bertz CT molecular complexity index is 2400. The third-order valence-corrected chi connectivity index (χ3v) is 10.8. The number of rotatable bonds is 12. The monoisotopic (exact) mass is 730 g/mol. The predicted molar refractivity (Wildman–Crippen MR) is 215 cm³/mol. The molecule has 0 saturated carbocycles. The van der Waals surface area contributed by atoms with Crippen molar-refractivity contribution in [1.82, 2.24) is 30.4 Å². The summed E-state index contributed by atoms with van der Waals surface area (Å²) in [5.74, 6) is -0.443. The standard InChI is InChI=1S/C45H42N6O4/c1-26-10-5-14-30-36(26)40-34(42(30)52)24-28-12-7-16-32(38(28)48-40)44(54)46-18-22-50(3)20-9-21-51(4)23-19-47-45(55)33-17-8-13-29-25-35-41(49-39(29)33)37-27(2)11-6-15-31(37)43(35)53/h5-8,10-17,24-25H,9,18-23H2,1-4H3,(H,46,54)(H,47,55). The van der Waals surface area contributed by atoms with Crippen LogP contribution in [-0.2, 0) is 0 Å². The fraction of sp³-hybridized carbons (Fsp3) is 0.244. The predicted octanol–water partition coefficient (Wildman–Crippen LogP) is 6.24. The molecule has 8 rings (SSSR count). The molecule has 0 fully saturated rings. The van der Waals surface area contributed by atoms with Gasteiger partial charge >= 0.3 is 0 Å². The molecule has 0 radical (unpaired) electrons. The maximum Gasteiger partial charge on any atom is 0.253 e. The zero-order valence-corrected chi connectivity index (χ0v) is 31.5. The van der Waals surface area contributed by atoms with Crippen molar-refractivity contribution in [2.24, 2.45) is 0 Å². The topological polar surface area (TPSA) is 125 Å². The summed E-state index contributed by atoms with van der Waals surface area (Å²) in [5, 5.41) is 7.64. The molecule has 0 spiro atoms. The number of amides is 2. The molecule has 55 heavy (non-hydrogen) atoms. The number of aryl methyl sites for hydroxylation is 2. The lowest BCUT2D eigenvalue weighted by atomic mass is 10.0. The van der Waals surface area contributed by atoms with Gasteiger partial charge in [-0.3, -0.25) is 19.2 Å². The Labute approximate surface area is 319 Å². The number of carbonyl (C=O) groups excluding carboxylic acids is 4. The molecular weight excluding hydrogens is 689 g/mol. The molecule has 0 saturated heterocycles. The molecule has 2 amide bonds. The molecule has 10 nitrogen and oxygen atoms in total. The van der Waals surface area contributed by atoms with Crippen molar-refractivity contribution in [1.29, 1.82) is 0 Å². The fourth-order valence-electron chi connectivity index (χ4n) is 7.87. The van der Waals surface area contributed by atoms with Gasteiger partial charge in [-0.1, -0.05) is 60.7 Å². The van der Waals surface area contributed by atoms with E-state index in [1.165, 1.54) is 0 Å². The smallest absolute Gasteiger partial charge is 0.253 e. The van der Waals surface area contributed by atoms with Crippen LogP contribution >= 0.6 is 0 Å². The highest BCUT2D eigenvalue weighted by Gasteiger charge is 2.32. The Morgan fingerprint density at radius 2 is 0.982 bits per heavy atom. The number of hydrogen-bond donors (Lipinski definition) is 2. The van der Waals surface area contributed by atoms with Gasteiger partial charge in [0, 0.05) is 70.3 Å². The van der Waals surface area contributed by atoms with Crippen molar-refractivity contribution in [3.63, 3.8) is 0 Å². The first-order valence-corrected chi connectivity index (χ1v) is 18.7. The zero-order chi connectivity index (χ0) is 38.4. The fourth-order valence-corrected chi connectivity index (χ4v) is 7.87. The van der Waals surface area contributed by atoms with E-state index < -0.39 is 0 Å². The number of fused-ring (bicyclic) bond motifs is 8. The maximum atomic E-state index is 13.3. The largest absolute Gasteiger partial charge is 0.351 e. The molecule has 6 aromatic rings. The van der Waals surface area contributed by atoms with Crippen LogP contribution in [0.2, 0.25) is 0 Å². The van der Waals surface area contributed by atoms with E-state index in [9.17, 15) is 19.2 Å². The normalized spacial score (nSPS) is 12.7. The Morgan fingerprint density at radius 1 is 0.564 bits per heavy atom. The van der Waals surface area contributed by atoms with E-state index in [4.69, 9.17) is 9.97 Å². The molecular formula is C45H42N6O4. The first kappa shape index (κ1) is 35.9. The molecule has 0 unspecified atom stereocenters. The average molecular weight is 731 g/mol. The van der Waals surface area contributed by atoms with Gasteiger partial charge in [0.25, 0.3) is 11.8 Å². The number of ketones is 2. The summed E-state index contributed by atoms with van der Waals surface area (Å²) in [6.07, 6.45) is 0.921. The Morgan fingerprint density at radius 3 is 1.42 bits per heavy atom. The number of aromatic nitrogens is 2. The van der Waals surface area contributed by atoms with Crippen LogP contribution in [0.5, 0.6) is 0 Å². The van der Waals surface area contributed by atoms with Gasteiger partial charge in [0.15, 0.2) is 11.6 Å². The molecule has 2 aliphatic carbocycles. The van der Waals surface area contributed by atoms with E-state index in [2.05, 4.69) is 20.4 Å². The van der Waals surface area contributed by atoms with Gasteiger partial charge in [0.05, 0.1) is 33.5 Å². The van der Waals surface area contributed by atoms with Crippen molar-refractivity contribution < 1.29 is 19.2 Å². The van der Waals surface area contributed by atoms with Crippen molar-refractivity contribution in [3.8, 4) is 22.5 Å². The first-order valence-electron chi connectivity index (χ1n) is 18.7. The van der Waals surface area contributed by atoms with E-state index in [0.29, 0.717) is 82.0 Å². The molecule has 2 heterocycles. The van der Waals surface area contributed by atoms with Gasteiger partial charge in [-0.2, -0.15) is 0 Å². The molecule has 10 heteroatoms. The minimum absolute atomic E-state index is 0.0284. The number of pyridine rings is 2. The van der Waals surface area contributed by atoms with Gasteiger partial charge in [-0.05, 0) is 82.8 Å². The summed E-state index contributed by atoms with van der Waals surface area (Å²) in [4.78, 5) is 67.0. The Balaban J connectivity index is 0.804. The van der Waals surface area contributed by atoms with Gasteiger partial charge < -0.3 is 20.4 Å². The average Bonchev–Trinajstić information content (AvgIpc) is 3.62. The van der Waals surface area contributed by atoms with E-state index in [-0.39, 0.29) is 23.4 Å².